The van der Waals surface area contributed by atoms with Gasteiger partial charge in [0.15, 0.2) is 0 Å². The van der Waals surface area contributed by atoms with E-state index in [9.17, 15) is 0 Å². The predicted molar refractivity (Wildman–Crippen MR) is 73.4 cm³/mol. The van der Waals surface area contributed by atoms with E-state index in [1.807, 2.05) is 6.07 Å². The third kappa shape index (κ3) is 2.56. The Morgan fingerprint density at radius 1 is 1.35 bits per heavy atom. The largest absolute Gasteiger partial charge is 0.318 e. The molecular weight excluding hydrogens is 228 g/mol. The van der Waals surface area contributed by atoms with E-state index in [0.717, 1.165) is 17.0 Å². The summed E-state index contributed by atoms with van der Waals surface area (Å²) in [6, 6.07) is 8.23. The zero-order chi connectivity index (χ0) is 12.4. The molecule has 17 heavy (non-hydrogen) atoms. The average Bonchev–Trinajstić information content (AvgIpc) is 2.69. The standard InChI is InChI=1S/C14H18N2S/c1-4-12-10(3)17-14(16-12)13(15)11-7-5-6-9(2)8-11/h5-8,13H,4,15H2,1-3H3. The van der Waals surface area contributed by atoms with Crippen molar-refractivity contribution in [3.8, 4) is 0 Å². The Labute approximate surface area is 107 Å². The van der Waals surface area contributed by atoms with Gasteiger partial charge < -0.3 is 5.73 Å². The summed E-state index contributed by atoms with van der Waals surface area (Å²) in [5.41, 5.74) is 9.82. The Balaban J connectivity index is 2.33. The van der Waals surface area contributed by atoms with E-state index >= 15 is 0 Å². The number of rotatable bonds is 3. The first-order valence-corrected chi connectivity index (χ1v) is 6.71. The molecule has 0 radical (unpaired) electrons. The van der Waals surface area contributed by atoms with Gasteiger partial charge in [0.05, 0.1) is 11.7 Å². The number of benzene rings is 1. The monoisotopic (exact) mass is 246 g/mol. The number of aromatic nitrogens is 1. The zero-order valence-electron chi connectivity index (χ0n) is 10.5. The summed E-state index contributed by atoms with van der Waals surface area (Å²) in [7, 11) is 0. The molecule has 0 bridgehead atoms. The normalized spacial score (nSPS) is 12.7. The lowest BCUT2D eigenvalue weighted by atomic mass is 10.1. The minimum absolute atomic E-state index is 0.0982. The Morgan fingerprint density at radius 2 is 2.12 bits per heavy atom. The van der Waals surface area contributed by atoms with Crippen molar-refractivity contribution in [3.63, 3.8) is 0 Å². The van der Waals surface area contributed by atoms with Crippen LogP contribution in [0, 0.1) is 13.8 Å². The highest BCUT2D eigenvalue weighted by Gasteiger charge is 2.15. The minimum atomic E-state index is -0.0982. The third-order valence-electron chi connectivity index (χ3n) is 2.91. The molecule has 0 saturated heterocycles. The smallest absolute Gasteiger partial charge is 0.114 e. The van der Waals surface area contributed by atoms with Gasteiger partial charge in [-0.15, -0.1) is 11.3 Å². The Kier molecular flexibility index (Phi) is 3.60. The van der Waals surface area contributed by atoms with Crippen LogP contribution in [-0.4, -0.2) is 4.98 Å². The molecule has 1 atom stereocenters. The maximum atomic E-state index is 6.27. The molecule has 0 aliphatic rings. The fraction of sp³-hybridized carbons (Fsp3) is 0.357. The van der Waals surface area contributed by atoms with E-state index in [4.69, 9.17) is 5.73 Å². The molecule has 1 heterocycles. The SMILES string of the molecule is CCc1nc(C(N)c2cccc(C)c2)sc1C. The van der Waals surface area contributed by atoms with E-state index in [0.29, 0.717) is 0 Å². The van der Waals surface area contributed by atoms with Crippen molar-refractivity contribution in [3.05, 3.63) is 51.0 Å². The van der Waals surface area contributed by atoms with Crippen LogP contribution in [0.3, 0.4) is 0 Å². The topological polar surface area (TPSA) is 38.9 Å². The molecule has 2 aromatic rings. The molecule has 1 aromatic carbocycles. The first kappa shape index (κ1) is 12.3. The molecule has 90 valence electrons. The van der Waals surface area contributed by atoms with Crippen molar-refractivity contribution in [2.24, 2.45) is 5.73 Å². The molecule has 2 rings (SSSR count). The Hall–Kier alpha value is -1.19. The zero-order valence-corrected chi connectivity index (χ0v) is 11.3. The van der Waals surface area contributed by atoms with Crippen LogP contribution >= 0.6 is 11.3 Å². The molecule has 0 aliphatic carbocycles. The quantitative estimate of drug-likeness (QED) is 0.901. The molecule has 1 unspecified atom stereocenters. The van der Waals surface area contributed by atoms with E-state index in [-0.39, 0.29) is 6.04 Å². The number of thiazole rings is 1. The van der Waals surface area contributed by atoms with Crippen molar-refractivity contribution < 1.29 is 0 Å². The van der Waals surface area contributed by atoms with E-state index < -0.39 is 0 Å². The molecule has 2 N–H and O–H groups in total. The molecule has 0 saturated carbocycles. The summed E-state index contributed by atoms with van der Waals surface area (Å²) in [5.74, 6) is 0. The van der Waals surface area contributed by atoms with Crippen molar-refractivity contribution >= 4 is 11.3 Å². The second-order valence-corrected chi connectivity index (χ2v) is 5.54. The lowest BCUT2D eigenvalue weighted by Gasteiger charge is -2.09. The molecule has 3 heteroatoms. The van der Waals surface area contributed by atoms with Crippen LogP contribution in [-0.2, 0) is 6.42 Å². The average molecular weight is 246 g/mol. The summed E-state index contributed by atoms with van der Waals surface area (Å²) < 4.78 is 0. The summed E-state index contributed by atoms with van der Waals surface area (Å²) in [6.07, 6.45) is 0.975. The Bertz CT molecular complexity index is 517. The van der Waals surface area contributed by atoms with Crippen molar-refractivity contribution in [1.29, 1.82) is 0 Å². The van der Waals surface area contributed by atoms with Crippen molar-refractivity contribution in [2.45, 2.75) is 33.2 Å². The Morgan fingerprint density at radius 3 is 2.71 bits per heavy atom. The van der Waals surface area contributed by atoms with Crippen LogP contribution in [0.15, 0.2) is 24.3 Å². The van der Waals surface area contributed by atoms with Crippen LogP contribution in [0.4, 0.5) is 0 Å². The van der Waals surface area contributed by atoms with Crippen LogP contribution in [0.2, 0.25) is 0 Å². The van der Waals surface area contributed by atoms with Gasteiger partial charge in [0, 0.05) is 4.88 Å². The van der Waals surface area contributed by atoms with Gasteiger partial charge in [-0.1, -0.05) is 36.8 Å². The summed E-state index contributed by atoms with van der Waals surface area (Å²) >= 11 is 1.71. The first-order chi connectivity index (χ1) is 8.11. The molecule has 0 spiro atoms. The number of aryl methyl sites for hydroxylation is 3. The molecular formula is C14H18N2S. The lowest BCUT2D eigenvalue weighted by Crippen LogP contribution is -2.11. The van der Waals surface area contributed by atoms with E-state index in [1.165, 1.54) is 16.1 Å². The van der Waals surface area contributed by atoms with Crippen molar-refractivity contribution in [1.82, 2.24) is 4.98 Å². The second-order valence-electron chi connectivity index (χ2n) is 4.30. The number of hydrogen-bond acceptors (Lipinski definition) is 3. The molecule has 0 aliphatic heterocycles. The molecule has 0 fully saturated rings. The highest BCUT2D eigenvalue weighted by atomic mass is 32.1. The summed E-state index contributed by atoms with van der Waals surface area (Å²) in [5, 5.41) is 1.02. The second kappa shape index (κ2) is 4.98. The molecule has 0 amide bonds. The highest BCUT2D eigenvalue weighted by molar-refractivity contribution is 7.11. The van der Waals surface area contributed by atoms with Gasteiger partial charge in [-0.3, -0.25) is 0 Å². The summed E-state index contributed by atoms with van der Waals surface area (Å²) in [6.45, 7) is 6.33. The van der Waals surface area contributed by atoms with Crippen molar-refractivity contribution in [2.75, 3.05) is 0 Å². The number of hydrogen-bond donors (Lipinski definition) is 1. The van der Waals surface area contributed by atoms with Gasteiger partial charge >= 0.3 is 0 Å². The van der Waals surface area contributed by atoms with Gasteiger partial charge in [0.1, 0.15) is 5.01 Å². The fourth-order valence-electron chi connectivity index (χ4n) is 1.92. The maximum absolute atomic E-state index is 6.27. The number of nitrogens with zero attached hydrogens (tertiary/aromatic N) is 1. The van der Waals surface area contributed by atoms with Gasteiger partial charge in [-0.05, 0) is 25.8 Å². The van der Waals surface area contributed by atoms with E-state index in [2.05, 4.69) is 44.0 Å². The highest BCUT2D eigenvalue weighted by Crippen LogP contribution is 2.27. The number of nitrogens with two attached hydrogens (primary N) is 1. The maximum Gasteiger partial charge on any atom is 0.114 e. The van der Waals surface area contributed by atoms with E-state index in [1.54, 1.807) is 11.3 Å². The summed E-state index contributed by atoms with van der Waals surface area (Å²) in [4.78, 5) is 5.91. The predicted octanol–water partition coefficient (Wildman–Crippen LogP) is 3.37. The van der Waals surface area contributed by atoms with Crippen LogP contribution in [0.1, 0.15) is 39.7 Å². The van der Waals surface area contributed by atoms with Gasteiger partial charge in [-0.2, -0.15) is 0 Å². The van der Waals surface area contributed by atoms with Crippen LogP contribution < -0.4 is 5.73 Å². The van der Waals surface area contributed by atoms with Gasteiger partial charge in [-0.25, -0.2) is 4.98 Å². The van der Waals surface area contributed by atoms with Gasteiger partial charge in [0.25, 0.3) is 0 Å². The van der Waals surface area contributed by atoms with Gasteiger partial charge in [0.2, 0.25) is 0 Å². The first-order valence-electron chi connectivity index (χ1n) is 5.90. The minimum Gasteiger partial charge on any atom is -0.318 e. The van der Waals surface area contributed by atoms with Crippen LogP contribution in [0.5, 0.6) is 0 Å². The molecule has 2 nitrogen and oxygen atoms in total. The fourth-order valence-corrected chi connectivity index (χ4v) is 2.96. The third-order valence-corrected chi connectivity index (χ3v) is 4.01. The molecule has 1 aromatic heterocycles. The lowest BCUT2D eigenvalue weighted by molar-refractivity contribution is 0.843. The van der Waals surface area contributed by atoms with Crippen LogP contribution in [0.25, 0.3) is 0 Å².